The average Bonchev–Trinajstić information content (AvgIpc) is 2.90. The number of ether oxygens (including phenoxy) is 1. The number of aliphatic hydroxyl groups excluding tert-OH is 1. The predicted octanol–water partition coefficient (Wildman–Crippen LogP) is 8.46. The Kier molecular flexibility index (Phi) is 18.7. The van der Waals surface area contributed by atoms with E-state index >= 15 is 0 Å². The van der Waals surface area contributed by atoms with E-state index in [1.54, 1.807) is 6.92 Å². The Hall–Kier alpha value is -0.950. The summed E-state index contributed by atoms with van der Waals surface area (Å²) in [6.45, 7) is 15.1. The van der Waals surface area contributed by atoms with Crippen molar-refractivity contribution in [1.82, 2.24) is 0 Å². The van der Waals surface area contributed by atoms with E-state index in [1.165, 1.54) is 37.7 Å². The van der Waals surface area contributed by atoms with Crippen LogP contribution in [0.3, 0.4) is 0 Å². The molecule has 0 saturated heterocycles. The average molecular weight is 597 g/mol. The summed E-state index contributed by atoms with van der Waals surface area (Å²) in [6, 6.07) is 0. The minimum absolute atomic E-state index is 0.102. The van der Waals surface area contributed by atoms with Crippen LogP contribution in [-0.4, -0.2) is 56.4 Å². The first-order valence-electron chi connectivity index (χ1n) is 17.4. The molecule has 0 fully saturated rings. The smallest absolute Gasteiger partial charge is 0.306 e. The topological polar surface area (TPSA) is 107 Å². The molecule has 6 nitrogen and oxygen atoms in total. The van der Waals surface area contributed by atoms with Crippen molar-refractivity contribution in [1.29, 1.82) is 0 Å². The third kappa shape index (κ3) is 16.2. The van der Waals surface area contributed by atoms with Gasteiger partial charge in [-0.05, 0) is 101 Å². The monoisotopic (exact) mass is 597 g/mol. The van der Waals surface area contributed by atoms with E-state index in [0.29, 0.717) is 43.9 Å². The molecule has 6 heteroatoms. The summed E-state index contributed by atoms with van der Waals surface area (Å²) in [7, 11) is 0. The number of hydrogen-bond acceptors (Lipinski definition) is 5. The summed E-state index contributed by atoms with van der Waals surface area (Å²) < 4.78 is 6.44. The van der Waals surface area contributed by atoms with Gasteiger partial charge in [0, 0.05) is 6.61 Å². The van der Waals surface area contributed by atoms with Crippen molar-refractivity contribution >= 4 is 5.97 Å². The van der Waals surface area contributed by atoms with Crippen molar-refractivity contribution in [2.75, 3.05) is 6.61 Å². The second kappa shape index (κ2) is 20.2. The molecule has 8 unspecified atom stereocenters. The Balaban J connectivity index is 2.40. The molecule has 0 radical (unpaired) electrons. The molecule has 0 amide bonds. The SMILES string of the molecule is CCCCCCCCOC1C(CCC(C)CCCC(C)(O)CCCC(C)(O)CCCC(C)C(=O)O)=CC(O)C(C)C1C. The van der Waals surface area contributed by atoms with E-state index in [-0.39, 0.29) is 17.9 Å². The second-order valence-corrected chi connectivity index (χ2v) is 14.5. The van der Waals surface area contributed by atoms with Crippen molar-refractivity contribution in [2.45, 2.75) is 181 Å². The molecule has 0 aromatic carbocycles. The van der Waals surface area contributed by atoms with Gasteiger partial charge in [0.05, 0.1) is 29.3 Å². The molecule has 0 spiro atoms. The molecule has 0 aromatic heterocycles. The lowest BCUT2D eigenvalue weighted by atomic mass is 9.76. The van der Waals surface area contributed by atoms with Crippen LogP contribution in [0, 0.1) is 23.7 Å². The summed E-state index contributed by atoms with van der Waals surface area (Å²) in [5.41, 5.74) is -0.303. The molecule has 1 aliphatic rings. The Morgan fingerprint density at radius 2 is 1.38 bits per heavy atom. The third-order valence-corrected chi connectivity index (χ3v) is 9.93. The van der Waals surface area contributed by atoms with Crippen LogP contribution in [0.15, 0.2) is 11.6 Å². The van der Waals surface area contributed by atoms with Gasteiger partial charge in [0.15, 0.2) is 0 Å². The molecule has 1 rings (SSSR count). The summed E-state index contributed by atoms with van der Waals surface area (Å²) in [4.78, 5) is 11.0. The molecule has 0 saturated carbocycles. The van der Waals surface area contributed by atoms with Crippen LogP contribution in [0.4, 0.5) is 0 Å². The highest BCUT2D eigenvalue weighted by atomic mass is 16.5. The number of hydrogen-bond donors (Lipinski definition) is 4. The van der Waals surface area contributed by atoms with Crippen LogP contribution in [0.5, 0.6) is 0 Å². The number of rotatable bonds is 24. The first kappa shape index (κ1) is 39.1. The Labute approximate surface area is 258 Å². The molecule has 1 aliphatic carbocycles. The fourth-order valence-electron chi connectivity index (χ4n) is 6.37. The summed E-state index contributed by atoms with van der Waals surface area (Å²) in [5, 5.41) is 41.3. The van der Waals surface area contributed by atoms with Gasteiger partial charge in [-0.2, -0.15) is 0 Å². The molecule has 0 heterocycles. The van der Waals surface area contributed by atoms with E-state index in [0.717, 1.165) is 51.6 Å². The van der Waals surface area contributed by atoms with Crippen LogP contribution < -0.4 is 0 Å². The first-order chi connectivity index (χ1) is 19.7. The minimum Gasteiger partial charge on any atom is -0.481 e. The summed E-state index contributed by atoms with van der Waals surface area (Å²) in [5.74, 6) is -0.133. The van der Waals surface area contributed by atoms with E-state index in [9.17, 15) is 20.1 Å². The molecule has 42 heavy (non-hydrogen) atoms. The van der Waals surface area contributed by atoms with Gasteiger partial charge in [-0.15, -0.1) is 0 Å². The molecule has 4 N–H and O–H groups in total. The van der Waals surface area contributed by atoms with Crippen LogP contribution in [0.2, 0.25) is 0 Å². The highest BCUT2D eigenvalue weighted by Gasteiger charge is 2.34. The standard InChI is InChI=1S/C36H68O6/c1-8-9-10-11-12-13-25-42-33-30(5)29(4)32(37)26-31(33)20-19-27(2)17-14-21-35(6,40)23-16-24-36(7,41)22-15-18-28(3)34(38)39/h26-30,32-33,37,40-41H,8-25H2,1-7H3,(H,38,39). The van der Waals surface area contributed by atoms with Gasteiger partial charge in [-0.1, -0.05) is 85.6 Å². The fourth-order valence-corrected chi connectivity index (χ4v) is 6.37. The number of carboxylic acid groups (broad SMARTS) is 1. The first-order valence-corrected chi connectivity index (χ1v) is 17.4. The lowest BCUT2D eigenvalue weighted by Crippen LogP contribution is -2.39. The van der Waals surface area contributed by atoms with Gasteiger partial charge in [0.25, 0.3) is 0 Å². The quantitative estimate of drug-likeness (QED) is 0.0658. The predicted molar refractivity (Wildman–Crippen MR) is 174 cm³/mol. The minimum atomic E-state index is -0.824. The maximum atomic E-state index is 11.0. The third-order valence-electron chi connectivity index (χ3n) is 9.93. The van der Waals surface area contributed by atoms with Gasteiger partial charge in [-0.3, -0.25) is 4.79 Å². The van der Waals surface area contributed by atoms with Crippen molar-refractivity contribution < 1.29 is 30.0 Å². The van der Waals surface area contributed by atoms with Crippen LogP contribution in [0.25, 0.3) is 0 Å². The lowest BCUT2D eigenvalue weighted by Gasteiger charge is -2.38. The zero-order chi connectivity index (χ0) is 31.8. The second-order valence-electron chi connectivity index (χ2n) is 14.5. The van der Waals surface area contributed by atoms with Gasteiger partial charge in [0.1, 0.15) is 0 Å². The number of aliphatic carboxylic acids is 1. The highest BCUT2D eigenvalue weighted by molar-refractivity contribution is 5.69. The summed E-state index contributed by atoms with van der Waals surface area (Å²) >= 11 is 0. The Bertz CT molecular complexity index is 760. The number of unbranched alkanes of at least 4 members (excludes halogenated alkanes) is 5. The molecular formula is C36H68O6. The summed E-state index contributed by atoms with van der Waals surface area (Å²) in [6.07, 6.45) is 17.9. The van der Waals surface area contributed by atoms with Gasteiger partial charge in [0.2, 0.25) is 0 Å². The molecule has 0 bridgehead atoms. The van der Waals surface area contributed by atoms with Crippen LogP contribution in [0.1, 0.15) is 158 Å². The van der Waals surface area contributed by atoms with Gasteiger partial charge >= 0.3 is 5.97 Å². The molecular weight excluding hydrogens is 528 g/mol. The number of aliphatic hydroxyl groups is 3. The lowest BCUT2D eigenvalue weighted by molar-refractivity contribution is -0.141. The van der Waals surface area contributed by atoms with E-state index < -0.39 is 23.3 Å². The van der Waals surface area contributed by atoms with E-state index in [2.05, 4.69) is 33.8 Å². The number of carbonyl (C=O) groups is 1. The van der Waals surface area contributed by atoms with Crippen molar-refractivity contribution in [3.63, 3.8) is 0 Å². The van der Waals surface area contributed by atoms with E-state index in [1.807, 2.05) is 13.8 Å². The number of carboxylic acids is 1. The van der Waals surface area contributed by atoms with Gasteiger partial charge in [-0.25, -0.2) is 0 Å². The normalized spacial score (nSPS) is 25.3. The van der Waals surface area contributed by atoms with Crippen molar-refractivity contribution in [2.24, 2.45) is 23.7 Å². The highest BCUT2D eigenvalue weighted by Crippen LogP contribution is 2.35. The molecule has 8 atom stereocenters. The van der Waals surface area contributed by atoms with Crippen LogP contribution >= 0.6 is 0 Å². The maximum absolute atomic E-state index is 11.0. The van der Waals surface area contributed by atoms with Crippen molar-refractivity contribution in [3.8, 4) is 0 Å². The Morgan fingerprint density at radius 1 is 0.833 bits per heavy atom. The zero-order valence-electron chi connectivity index (χ0n) is 28.4. The molecule has 248 valence electrons. The zero-order valence-corrected chi connectivity index (χ0v) is 28.4. The van der Waals surface area contributed by atoms with E-state index in [4.69, 9.17) is 9.84 Å². The van der Waals surface area contributed by atoms with Crippen molar-refractivity contribution in [3.05, 3.63) is 11.6 Å². The Morgan fingerprint density at radius 3 is 1.98 bits per heavy atom. The van der Waals surface area contributed by atoms with Gasteiger partial charge < -0.3 is 25.2 Å². The maximum Gasteiger partial charge on any atom is 0.306 e. The fraction of sp³-hybridized carbons (Fsp3) is 0.917. The molecule has 0 aliphatic heterocycles. The largest absolute Gasteiger partial charge is 0.481 e. The molecule has 0 aromatic rings. The van der Waals surface area contributed by atoms with Crippen LogP contribution in [-0.2, 0) is 9.53 Å².